The van der Waals surface area contributed by atoms with Crippen LogP contribution in [0.3, 0.4) is 0 Å². The van der Waals surface area contributed by atoms with Crippen LogP contribution in [0.5, 0.6) is 5.75 Å². The van der Waals surface area contributed by atoms with Gasteiger partial charge in [0.25, 0.3) is 5.91 Å². The molecule has 3 rings (SSSR count). The summed E-state index contributed by atoms with van der Waals surface area (Å²) in [6.07, 6.45) is 3.46. The molecule has 0 radical (unpaired) electrons. The molecule has 0 unspecified atom stereocenters. The standard InChI is InChI=1S/C26H28N2O3/c1-2-3-9-17-31-24-16-8-7-15-23(24)26(30)28-22-14-10-13-21(19-22)27-25(29)18-20-11-5-4-6-12-20/h4-8,10-16,19H,2-3,9,17-18H2,1H3,(H,27,29)(H,28,30). The zero-order valence-electron chi connectivity index (χ0n) is 17.8. The first-order chi connectivity index (χ1) is 15.2. The van der Waals surface area contributed by atoms with E-state index in [1.807, 2.05) is 42.5 Å². The van der Waals surface area contributed by atoms with E-state index in [2.05, 4.69) is 17.6 Å². The Morgan fingerprint density at radius 2 is 1.52 bits per heavy atom. The molecule has 5 heteroatoms. The van der Waals surface area contributed by atoms with Crippen molar-refractivity contribution in [3.8, 4) is 5.75 Å². The highest BCUT2D eigenvalue weighted by atomic mass is 16.5. The van der Waals surface area contributed by atoms with Crippen molar-refractivity contribution in [2.45, 2.75) is 32.6 Å². The summed E-state index contributed by atoms with van der Waals surface area (Å²) in [4.78, 5) is 25.1. The number of carbonyl (C=O) groups is 2. The number of unbranched alkanes of at least 4 members (excludes halogenated alkanes) is 2. The number of ether oxygens (including phenoxy) is 1. The number of hydrogen-bond acceptors (Lipinski definition) is 3. The van der Waals surface area contributed by atoms with Gasteiger partial charge in [-0.1, -0.05) is 68.3 Å². The van der Waals surface area contributed by atoms with Gasteiger partial charge in [-0.2, -0.15) is 0 Å². The van der Waals surface area contributed by atoms with E-state index in [4.69, 9.17) is 4.74 Å². The number of carbonyl (C=O) groups excluding carboxylic acids is 2. The summed E-state index contributed by atoms with van der Waals surface area (Å²) in [5, 5.41) is 5.77. The Kier molecular flexibility index (Phi) is 8.23. The summed E-state index contributed by atoms with van der Waals surface area (Å²) in [6.45, 7) is 2.72. The Bertz CT molecular complexity index is 1000. The Labute approximate surface area is 183 Å². The van der Waals surface area contributed by atoms with E-state index in [1.54, 1.807) is 36.4 Å². The molecule has 31 heavy (non-hydrogen) atoms. The van der Waals surface area contributed by atoms with Crippen LogP contribution in [0.25, 0.3) is 0 Å². The van der Waals surface area contributed by atoms with Gasteiger partial charge in [-0.25, -0.2) is 0 Å². The Morgan fingerprint density at radius 3 is 2.29 bits per heavy atom. The van der Waals surface area contributed by atoms with E-state index in [9.17, 15) is 9.59 Å². The molecule has 0 atom stereocenters. The minimum Gasteiger partial charge on any atom is -0.493 e. The second-order valence-electron chi connectivity index (χ2n) is 7.30. The summed E-state index contributed by atoms with van der Waals surface area (Å²) < 4.78 is 5.81. The molecule has 3 aromatic rings. The van der Waals surface area contributed by atoms with Crippen molar-refractivity contribution in [2.75, 3.05) is 17.2 Å². The third-order valence-corrected chi connectivity index (χ3v) is 4.75. The second kappa shape index (κ2) is 11.6. The number of rotatable bonds is 10. The fraction of sp³-hybridized carbons (Fsp3) is 0.231. The van der Waals surface area contributed by atoms with Gasteiger partial charge in [-0.15, -0.1) is 0 Å². The lowest BCUT2D eigenvalue weighted by molar-refractivity contribution is -0.115. The molecule has 5 nitrogen and oxygen atoms in total. The minimum atomic E-state index is -0.251. The van der Waals surface area contributed by atoms with E-state index in [-0.39, 0.29) is 11.8 Å². The molecule has 3 aromatic carbocycles. The van der Waals surface area contributed by atoms with Crippen molar-refractivity contribution in [2.24, 2.45) is 0 Å². The summed E-state index contributed by atoms with van der Waals surface area (Å²) in [5.74, 6) is 0.211. The monoisotopic (exact) mass is 416 g/mol. The van der Waals surface area contributed by atoms with Gasteiger partial charge in [-0.05, 0) is 42.3 Å². The van der Waals surface area contributed by atoms with Crippen LogP contribution in [0.2, 0.25) is 0 Å². The van der Waals surface area contributed by atoms with Crippen molar-refractivity contribution in [3.05, 3.63) is 90.0 Å². The molecule has 2 N–H and O–H groups in total. The smallest absolute Gasteiger partial charge is 0.259 e. The molecule has 0 aromatic heterocycles. The molecule has 0 saturated carbocycles. The third-order valence-electron chi connectivity index (χ3n) is 4.75. The maximum atomic E-state index is 12.8. The highest BCUT2D eigenvalue weighted by Gasteiger charge is 2.13. The van der Waals surface area contributed by atoms with Gasteiger partial charge in [0.15, 0.2) is 0 Å². The number of anilines is 2. The molecular formula is C26H28N2O3. The largest absolute Gasteiger partial charge is 0.493 e. The summed E-state index contributed by atoms with van der Waals surface area (Å²) >= 11 is 0. The zero-order chi connectivity index (χ0) is 21.9. The molecule has 0 bridgehead atoms. The van der Waals surface area contributed by atoms with Crippen LogP contribution in [0, 0.1) is 0 Å². The lowest BCUT2D eigenvalue weighted by atomic mass is 10.1. The molecule has 0 aliphatic heterocycles. The Balaban J connectivity index is 1.62. The lowest BCUT2D eigenvalue weighted by Crippen LogP contribution is -2.16. The van der Waals surface area contributed by atoms with Crippen LogP contribution in [-0.2, 0) is 11.2 Å². The number of amides is 2. The van der Waals surface area contributed by atoms with E-state index in [1.165, 1.54) is 0 Å². The first-order valence-corrected chi connectivity index (χ1v) is 10.6. The maximum absolute atomic E-state index is 12.8. The van der Waals surface area contributed by atoms with E-state index in [0.29, 0.717) is 35.7 Å². The van der Waals surface area contributed by atoms with Gasteiger partial charge < -0.3 is 15.4 Å². The highest BCUT2D eigenvalue weighted by Crippen LogP contribution is 2.22. The third kappa shape index (κ3) is 7.00. The first-order valence-electron chi connectivity index (χ1n) is 10.6. The molecule has 0 fully saturated rings. The van der Waals surface area contributed by atoms with Crippen LogP contribution in [0.15, 0.2) is 78.9 Å². The van der Waals surface area contributed by atoms with Crippen LogP contribution < -0.4 is 15.4 Å². The Morgan fingerprint density at radius 1 is 0.806 bits per heavy atom. The topological polar surface area (TPSA) is 67.4 Å². The van der Waals surface area contributed by atoms with Gasteiger partial charge in [0.1, 0.15) is 5.75 Å². The molecule has 0 aliphatic carbocycles. The van der Waals surface area contributed by atoms with Gasteiger partial charge >= 0.3 is 0 Å². The zero-order valence-corrected chi connectivity index (χ0v) is 17.8. The minimum absolute atomic E-state index is 0.111. The fourth-order valence-electron chi connectivity index (χ4n) is 3.17. The average Bonchev–Trinajstić information content (AvgIpc) is 2.78. The quantitative estimate of drug-likeness (QED) is 0.417. The number of nitrogens with one attached hydrogen (secondary N) is 2. The predicted molar refractivity (Wildman–Crippen MR) is 125 cm³/mol. The summed E-state index contributed by atoms with van der Waals surface area (Å²) in [5.41, 5.74) is 2.66. The molecule has 0 aliphatic rings. The normalized spacial score (nSPS) is 10.4. The first kappa shape index (κ1) is 22.1. The molecule has 0 heterocycles. The second-order valence-corrected chi connectivity index (χ2v) is 7.30. The van der Waals surface area contributed by atoms with Gasteiger partial charge in [-0.3, -0.25) is 9.59 Å². The maximum Gasteiger partial charge on any atom is 0.259 e. The lowest BCUT2D eigenvalue weighted by Gasteiger charge is -2.12. The van der Waals surface area contributed by atoms with E-state index in [0.717, 1.165) is 24.8 Å². The summed E-state index contributed by atoms with van der Waals surface area (Å²) in [6, 6.07) is 23.9. The van der Waals surface area contributed by atoms with Crippen molar-refractivity contribution < 1.29 is 14.3 Å². The van der Waals surface area contributed by atoms with Crippen molar-refractivity contribution >= 4 is 23.2 Å². The molecule has 160 valence electrons. The van der Waals surface area contributed by atoms with Crippen molar-refractivity contribution in [1.82, 2.24) is 0 Å². The molecular weight excluding hydrogens is 388 g/mol. The fourth-order valence-corrected chi connectivity index (χ4v) is 3.17. The van der Waals surface area contributed by atoms with Crippen LogP contribution in [0.1, 0.15) is 42.1 Å². The number of benzene rings is 3. The Hall–Kier alpha value is -3.60. The van der Waals surface area contributed by atoms with E-state index < -0.39 is 0 Å². The molecule has 0 saturated heterocycles. The SMILES string of the molecule is CCCCCOc1ccccc1C(=O)Nc1cccc(NC(=O)Cc2ccccc2)c1. The van der Waals surface area contributed by atoms with Gasteiger partial charge in [0.05, 0.1) is 18.6 Å². The highest BCUT2D eigenvalue weighted by molar-refractivity contribution is 6.06. The molecule has 0 spiro atoms. The molecule has 2 amide bonds. The average molecular weight is 417 g/mol. The van der Waals surface area contributed by atoms with Crippen molar-refractivity contribution in [1.29, 1.82) is 0 Å². The van der Waals surface area contributed by atoms with E-state index >= 15 is 0 Å². The van der Waals surface area contributed by atoms with Gasteiger partial charge in [0.2, 0.25) is 5.91 Å². The van der Waals surface area contributed by atoms with Crippen LogP contribution in [-0.4, -0.2) is 18.4 Å². The number of para-hydroxylation sites is 1. The summed E-state index contributed by atoms with van der Waals surface area (Å²) in [7, 11) is 0. The van der Waals surface area contributed by atoms with Crippen LogP contribution >= 0.6 is 0 Å². The van der Waals surface area contributed by atoms with Gasteiger partial charge in [0, 0.05) is 11.4 Å². The van der Waals surface area contributed by atoms with Crippen LogP contribution in [0.4, 0.5) is 11.4 Å². The van der Waals surface area contributed by atoms with Crippen molar-refractivity contribution in [3.63, 3.8) is 0 Å². The predicted octanol–water partition coefficient (Wildman–Crippen LogP) is 5.69. The number of hydrogen-bond donors (Lipinski definition) is 2.